The number of benzene rings is 3. The molecule has 0 spiro atoms. The lowest BCUT2D eigenvalue weighted by Gasteiger charge is -2.26. The Morgan fingerprint density at radius 3 is 2.03 bits per heavy atom. The van der Waals surface area contributed by atoms with E-state index in [-0.39, 0.29) is 25.5 Å². The Kier molecular flexibility index (Phi) is 6.63. The summed E-state index contributed by atoms with van der Waals surface area (Å²) in [6, 6.07) is 24.6. The van der Waals surface area contributed by atoms with Gasteiger partial charge in [-0.15, -0.1) is 0 Å². The van der Waals surface area contributed by atoms with Crippen LogP contribution in [0.2, 0.25) is 0 Å². The molecule has 3 aromatic rings. The fourth-order valence-corrected chi connectivity index (χ4v) is 4.29. The summed E-state index contributed by atoms with van der Waals surface area (Å²) in [7, 11) is 0. The first kappa shape index (κ1) is 23.0. The SMILES string of the molecule is CC(NC(=O)CCNC(=O)OCC1c2ccccc2-c2ccccc21)(C(=O)O)c1ccccc1. The molecule has 7 nitrogen and oxygen atoms in total. The molecule has 2 amide bonds. The van der Waals surface area contributed by atoms with Crippen molar-refractivity contribution in [1.29, 1.82) is 0 Å². The van der Waals surface area contributed by atoms with Crippen molar-refractivity contribution in [3.63, 3.8) is 0 Å². The summed E-state index contributed by atoms with van der Waals surface area (Å²) in [4.78, 5) is 36.5. The molecule has 0 bridgehead atoms. The molecule has 174 valence electrons. The van der Waals surface area contributed by atoms with Crippen LogP contribution in [0.4, 0.5) is 4.79 Å². The third-order valence-corrected chi connectivity index (χ3v) is 6.13. The van der Waals surface area contributed by atoms with Crippen molar-refractivity contribution >= 4 is 18.0 Å². The molecule has 0 radical (unpaired) electrons. The van der Waals surface area contributed by atoms with E-state index in [9.17, 15) is 19.5 Å². The van der Waals surface area contributed by atoms with E-state index in [4.69, 9.17) is 4.74 Å². The number of amides is 2. The van der Waals surface area contributed by atoms with Gasteiger partial charge in [0.2, 0.25) is 5.91 Å². The van der Waals surface area contributed by atoms with Gasteiger partial charge in [-0.25, -0.2) is 9.59 Å². The average Bonchev–Trinajstić information content (AvgIpc) is 3.17. The predicted octanol–water partition coefficient (Wildman–Crippen LogP) is 4.03. The Hall–Kier alpha value is -4.13. The molecule has 1 atom stereocenters. The summed E-state index contributed by atoms with van der Waals surface area (Å²) in [6.07, 6.45) is -0.710. The summed E-state index contributed by atoms with van der Waals surface area (Å²) in [5, 5.41) is 14.8. The molecule has 0 aliphatic heterocycles. The number of rotatable bonds is 8. The van der Waals surface area contributed by atoms with Crippen LogP contribution in [0.1, 0.15) is 36.0 Å². The number of carboxylic acids is 1. The minimum atomic E-state index is -1.57. The second-order valence-corrected chi connectivity index (χ2v) is 8.35. The van der Waals surface area contributed by atoms with E-state index in [1.165, 1.54) is 6.92 Å². The molecule has 0 saturated carbocycles. The van der Waals surface area contributed by atoms with E-state index in [2.05, 4.69) is 22.8 Å². The first-order valence-electron chi connectivity index (χ1n) is 11.1. The Labute approximate surface area is 197 Å². The van der Waals surface area contributed by atoms with Crippen molar-refractivity contribution in [1.82, 2.24) is 10.6 Å². The lowest BCUT2D eigenvalue weighted by molar-refractivity contribution is -0.147. The maximum absolute atomic E-state index is 12.4. The van der Waals surface area contributed by atoms with Crippen LogP contribution in [-0.4, -0.2) is 36.2 Å². The highest BCUT2D eigenvalue weighted by atomic mass is 16.5. The largest absolute Gasteiger partial charge is 0.479 e. The molecule has 0 fully saturated rings. The maximum Gasteiger partial charge on any atom is 0.407 e. The smallest absolute Gasteiger partial charge is 0.407 e. The van der Waals surface area contributed by atoms with Crippen LogP contribution in [-0.2, 0) is 19.9 Å². The number of nitrogens with one attached hydrogen (secondary N) is 2. The van der Waals surface area contributed by atoms with Crippen molar-refractivity contribution in [3.05, 3.63) is 95.6 Å². The molecule has 0 saturated heterocycles. The van der Waals surface area contributed by atoms with Gasteiger partial charge in [0.05, 0.1) is 0 Å². The van der Waals surface area contributed by atoms with Crippen LogP contribution in [0, 0.1) is 0 Å². The van der Waals surface area contributed by atoms with Crippen molar-refractivity contribution < 1.29 is 24.2 Å². The highest BCUT2D eigenvalue weighted by molar-refractivity contribution is 5.88. The normalized spacial score (nSPS) is 13.8. The monoisotopic (exact) mass is 458 g/mol. The number of hydrogen-bond acceptors (Lipinski definition) is 4. The van der Waals surface area contributed by atoms with Gasteiger partial charge in [-0.2, -0.15) is 0 Å². The van der Waals surface area contributed by atoms with E-state index in [0.717, 1.165) is 22.3 Å². The van der Waals surface area contributed by atoms with Gasteiger partial charge in [0, 0.05) is 18.9 Å². The van der Waals surface area contributed by atoms with Gasteiger partial charge in [0.1, 0.15) is 6.61 Å². The van der Waals surface area contributed by atoms with Crippen LogP contribution >= 0.6 is 0 Å². The number of ether oxygens (including phenoxy) is 1. The van der Waals surface area contributed by atoms with Gasteiger partial charge < -0.3 is 20.5 Å². The molecule has 3 aromatic carbocycles. The molecule has 7 heteroatoms. The molecule has 1 unspecified atom stereocenters. The van der Waals surface area contributed by atoms with Crippen molar-refractivity contribution in [2.24, 2.45) is 0 Å². The lowest BCUT2D eigenvalue weighted by atomic mass is 9.92. The zero-order chi connectivity index (χ0) is 24.1. The van der Waals surface area contributed by atoms with Gasteiger partial charge in [-0.1, -0.05) is 78.9 Å². The van der Waals surface area contributed by atoms with Crippen molar-refractivity contribution in [2.45, 2.75) is 24.8 Å². The van der Waals surface area contributed by atoms with Gasteiger partial charge in [0.25, 0.3) is 0 Å². The number of aliphatic carboxylic acids is 1. The first-order valence-corrected chi connectivity index (χ1v) is 11.1. The minimum absolute atomic E-state index is 0.0208. The number of alkyl carbamates (subject to hydrolysis) is 1. The molecule has 0 aromatic heterocycles. The summed E-state index contributed by atoms with van der Waals surface area (Å²) in [5.41, 5.74) is 3.41. The number of fused-ring (bicyclic) bond motifs is 3. The maximum atomic E-state index is 12.4. The standard InChI is InChI=1S/C27H26N2O5/c1-27(25(31)32,18-9-3-2-4-10-18)29-24(30)15-16-28-26(33)34-17-23-21-13-7-5-11-19(21)20-12-6-8-14-22(20)23/h2-14,23H,15-17H2,1H3,(H,28,33)(H,29,30)(H,31,32). The minimum Gasteiger partial charge on any atom is -0.479 e. The third-order valence-electron chi connectivity index (χ3n) is 6.13. The topological polar surface area (TPSA) is 105 Å². The molecular formula is C27H26N2O5. The van der Waals surface area contributed by atoms with Crippen LogP contribution in [0.25, 0.3) is 11.1 Å². The summed E-state index contributed by atoms with van der Waals surface area (Å²) in [5.74, 6) is -1.71. The number of carbonyl (C=O) groups excluding carboxylic acids is 2. The van der Waals surface area contributed by atoms with Crippen molar-refractivity contribution in [2.75, 3.05) is 13.2 Å². The Morgan fingerprint density at radius 2 is 1.44 bits per heavy atom. The number of hydrogen-bond donors (Lipinski definition) is 3. The molecule has 4 rings (SSSR count). The van der Waals surface area contributed by atoms with E-state index >= 15 is 0 Å². The summed E-state index contributed by atoms with van der Waals surface area (Å²) >= 11 is 0. The fraction of sp³-hybridized carbons (Fsp3) is 0.222. The Morgan fingerprint density at radius 1 is 0.882 bits per heavy atom. The van der Waals surface area contributed by atoms with Crippen LogP contribution in [0.15, 0.2) is 78.9 Å². The lowest BCUT2D eigenvalue weighted by Crippen LogP contribution is -2.50. The second-order valence-electron chi connectivity index (χ2n) is 8.35. The third kappa shape index (κ3) is 4.64. The van der Waals surface area contributed by atoms with Crippen LogP contribution < -0.4 is 10.6 Å². The van der Waals surface area contributed by atoms with E-state index in [0.29, 0.717) is 5.56 Å². The molecule has 1 aliphatic rings. The number of carboxylic acid groups (broad SMARTS) is 1. The van der Waals surface area contributed by atoms with E-state index in [1.54, 1.807) is 30.3 Å². The van der Waals surface area contributed by atoms with Gasteiger partial charge >= 0.3 is 12.1 Å². The highest BCUT2D eigenvalue weighted by Crippen LogP contribution is 2.44. The van der Waals surface area contributed by atoms with Crippen LogP contribution in [0.3, 0.4) is 0 Å². The van der Waals surface area contributed by atoms with E-state index < -0.39 is 23.5 Å². The average molecular weight is 459 g/mol. The zero-order valence-corrected chi connectivity index (χ0v) is 18.8. The van der Waals surface area contributed by atoms with Crippen LogP contribution in [0.5, 0.6) is 0 Å². The Bertz CT molecular complexity index is 1160. The zero-order valence-electron chi connectivity index (χ0n) is 18.8. The van der Waals surface area contributed by atoms with Gasteiger partial charge in [-0.05, 0) is 34.7 Å². The first-order chi connectivity index (χ1) is 16.4. The molecular weight excluding hydrogens is 432 g/mol. The molecule has 1 aliphatic carbocycles. The molecule has 3 N–H and O–H groups in total. The quantitative estimate of drug-likeness (QED) is 0.473. The molecule has 0 heterocycles. The van der Waals surface area contributed by atoms with Gasteiger partial charge in [-0.3, -0.25) is 4.79 Å². The fourth-order valence-electron chi connectivity index (χ4n) is 4.29. The highest BCUT2D eigenvalue weighted by Gasteiger charge is 2.36. The van der Waals surface area contributed by atoms with Crippen molar-refractivity contribution in [3.8, 4) is 11.1 Å². The molecule has 34 heavy (non-hydrogen) atoms. The Balaban J connectivity index is 1.29. The second kappa shape index (κ2) is 9.79. The van der Waals surface area contributed by atoms with E-state index in [1.807, 2.05) is 36.4 Å². The number of carbonyl (C=O) groups is 3. The predicted molar refractivity (Wildman–Crippen MR) is 127 cm³/mol. The summed E-state index contributed by atoms with van der Waals surface area (Å²) < 4.78 is 5.45. The van der Waals surface area contributed by atoms with Gasteiger partial charge in [0.15, 0.2) is 5.54 Å². The summed E-state index contributed by atoms with van der Waals surface area (Å²) in [6.45, 7) is 1.63.